The number of aromatic nitrogens is 2. The van der Waals surface area contributed by atoms with Gasteiger partial charge < -0.3 is 4.90 Å². The minimum atomic E-state index is 0.933. The molecule has 0 aliphatic carbocycles. The normalized spacial score (nSPS) is 11.4. The summed E-state index contributed by atoms with van der Waals surface area (Å²) in [6.07, 6.45) is 16.3. The lowest BCUT2D eigenvalue weighted by molar-refractivity contribution is 0.247. The molecule has 0 bridgehead atoms. The van der Waals surface area contributed by atoms with Crippen molar-refractivity contribution in [2.45, 2.75) is 97.4 Å². The number of hydrogen-bond donors (Lipinski definition) is 0. The van der Waals surface area contributed by atoms with Gasteiger partial charge in [0, 0.05) is 12.1 Å². The number of unbranched alkanes of at least 4 members (excludes halogenated alkanes) is 10. The van der Waals surface area contributed by atoms with Crippen LogP contribution >= 0.6 is 0 Å². The molecule has 3 nitrogen and oxygen atoms in total. The predicted molar refractivity (Wildman–Crippen MR) is 156 cm³/mol. The molecular weight excluding hydrogens is 438 g/mol. The Bertz CT molecular complexity index is 916. The van der Waals surface area contributed by atoms with Gasteiger partial charge in [-0.1, -0.05) is 139 Å². The monoisotopic (exact) mass is 487 g/mol. The Kier molecular flexibility index (Phi) is 13.4. The van der Waals surface area contributed by atoms with E-state index in [-0.39, 0.29) is 0 Å². The molecule has 0 spiro atoms. The van der Waals surface area contributed by atoms with Crippen LogP contribution in [0.5, 0.6) is 0 Å². The highest BCUT2D eigenvalue weighted by Crippen LogP contribution is 2.26. The fourth-order valence-corrected chi connectivity index (χ4v) is 4.98. The SMILES string of the molecule is CCCCCCCCN(CCCCCCCC)CCn1nc(-c2ccccc2)cc1-c1ccccc1. The summed E-state index contributed by atoms with van der Waals surface area (Å²) in [6, 6.07) is 23.6. The maximum Gasteiger partial charge on any atom is 0.0929 e. The van der Waals surface area contributed by atoms with Crippen LogP contribution in [0.15, 0.2) is 66.7 Å². The Morgan fingerprint density at radius 1 is 0.583 bits per heavy atom. The van der Waals surface area contributed by atoms with Crippen LogP contribution in [0.2, 0.25) is 0 Å². The molecular formula is C33H49N3. The Morgan fingerprint density at radius 2 is 1.08 bits per heavy atom. The smallest absolute Gasteiger partial charge is 0.0929 e. The first-order valence-corrected chi connectivity index (χ1v) is 14.7. The zero-order valence-electron chi connectivity index (χ0n) is 23.0. The molecule has 196 valence electrons. The topological polar surface area (TPSA) is 21.1 Å². The summed E-state index contributed by atoms with van der Waals surface area (Å²) >= 11 is 0. The van der Waals surface area contributed by atoms with Gasteiger partial charge in [0.25, 0.3) is 0 Å². The van der Waals surface area contributed by atoms with E-state index < -0.39 is 0 Å². The van der Waals surface area contributed by atoms with Crippen molar-refractivity contribution in [2.24, 2.45) is 0 Å². The van der Waals surface area contributed by atoms with Gasteiger partial charge in [-0.15, -0.1) is 0 Å². The van der Waals surface area contributed by atoms with E-state index in [4.69, 9.17) is 5.10 Å². The van der Waals surface area contributed by atoms with Gasteiger partial charge in [-0.3, -0.25) is 4.68 Å². The molecule has 0 amide bonds. The van der Waals surface area contributed by atoms with E-state index >= 15 is 0 Å². The molecule has 0 fully saturated rings. The average molecular weight is 488 g/mol. The zero-order valence-corrected chi connectivity index (χ0v) is 23.0. The van der Waals surface area contributed by atoms with Gasteiger partial charge in [-0.05, 0) is 37.6 Å². The summed E-state index contributed by atoms with van der Waals surface area (Å²) in [4.78, 5) is 2.71. The second kappa shape index (κ2) is 17.1. The van der Waals surface area contributed by atoms with Gasteiger partial charge in [-0.2, -0.15) is 5.10 Å². The van der Waals surface area contributed by atoms with Crippen LogP contribution in [0.3, 0.4) is 0 Å². The largest absolute Gasteiger partial charge is 0.301 e. The fraction of sp³-hybridized carbons (Fsp3) is 0.545. The molecule has 0 unspecified atom stereocenters. The van der Waals surface area contributed by atoms with E-state index in [0.717, 1.165) is 18.8 Å². The second-order valence-electron chi connectivity index (χ2n) is 10.2. The first-order valence-electron chi connectivity index (χ1n) is 14.7. The van der Waals surface area contributed by atoms with Crippen LogP contribution in [0, 0.1) is 0 Å². The Morgan fingerprint density at radius 3 is 1.64 bits per heavy atom. The molecule has 36 heavy (non-hydrogen) atoms. The van der Waals surface area contributed by atoms with E-state index in [1.807, 2.05) is 0 Å². The third kappa shape index (κ3) is 9.93. The maximum atomic E-state index is 5.08. The molecule has 0 N–H and O–H groups in total. The predicted octanol–water partition coefficient (Wildman–Crippen LogP) is 9.24. The van der Waals surface area contributed by atoms with E-state index in [0.29, 0.717) is 0 Å². The number of rotatable bonds is 19. The fourth-order valence-electron chi connectivity index (χ4n) is 4.98. The van der Waals surface area contributed by atoms with Crippen LogP contribution in [-0.4, -0.2) is 34.3 Å². The van der Waals surface area contributed by atoms with Gasteiger partial charge in [0.15, 0.2) is 0 Å². The second-order valence-corrected chi connectivity index (χ2v) is 10.2. The van der Waals surface area contributed by atoms with Crippen LogP contribution in [-0.2, 0) is 6.54 Å². The molecule has 3 rings (SSSR count). The standard InChI is InChI=1S/C33H49N3/c1-3-5-7-9-11-19-25-35(26-20-12-10-8-6-4-2)27-28-36-33(31-23-17-14-18-24-31)29-32(34-36)30-21-15-13-16-22-30/h13-18,21-24,29H,3-12,19-20,25-28H2,1-2H3. The summed E-state index contributed by atoms with van der Waals surface area (Å²) in [7, 11) is 0. The number of nitrogens with zero attached hydrogens (tertiary/aromatic N) is 3. The van der Waals surface area contributed by atoms with E-state index in [1.54, 1.807) is 0 Å². The lowest BCUT2D eigenvalue weighted by atomic mass is 10.1. The maximum absolute atomic E-state index is 5.08. The molecule has 0 aliphatic rings. The molecule has 3 aromatic rings. The van der Waals surface area contributed by atoms with Gasteiger partial charge >= 0.3 is 0 Å². The van der Waals surface area contributed by atoms with Crippen molar-refractivity contribution in [3.8, 4) is 22.5 Å². The highest BCUT2D eigenvalue weighted by Gasteiger charge is 2.13. The number of benzene rings is 2. The molecule has 1 aromatic heterocycles. The highest BCUT2D eigenvalue weighted by molar-refractivity contribution is 5.68. The Balaban J connectivity index is 1.64. The summed E-state index contributed by atoms with van der Waals surface area (Å²) < 4.78 is 2.24. The minimum Gasteiger partial charge on any atom is -0.301 e. The molecule has 0 aliphatic heterocycles. The summed E-state index contributed by atoms with van der Waals surface area (Å²) in [5.74, 6) is 0. The zero-order chi connectivity index (χ0) is 25.3. The minimum absolute atomic E-state index is 0.933. The summed E-state index contributed by atoms with van der Waals surface area (Å²) in [5, 5.41) is 5.08. The first-order chi connectivity index (χ1) is 17.8. The lowest BCUT2D eigenvalue weighted by Crippen LogP contribution is -2.30. The molecule has 0 saturated carbocycles. The van der Waals surface area contributed by atoms with E-state index in [2.05, 4.69) is 90.2 Å². The third-order valence-electron chi connectivity index (χ3n) is 7.20. The summed E-state index contributed by atoms with van der Waals surface area (Å²) in [5.41, 5.74) is 4.71. The third-order valence-corrected chi connectivity index (χ3v) is 7.20. The van der Waals surface area contributed by atoms with Gasteiger partial charge in [0.05, 0.1) is 17.9 Å². The van der Waals surface area contributed by atoms with E-state index in [1.165, 1.54) is 107 Å². The quantitative estimate of drug-likeness (QED) is 0.157. The number of hydrogen-bond acceptors (Lipinski definition) is 2. The van der Waals surface area contributed by atoms with Crippen molar-refractivity contribution in [1.82, 2.24) is 14.7 Å². The Labute approximate surface area is 220 Å². The molecule has 0 saturated heterocycles. The molecule has 0 radical (unpaired) electrons. The van der Waals surface area contributed by atoms with Crippen molar-refractivity contribution in [3.63, 3.8) is 0 Å². The average Bonchev–Trinajstić information content (AvgIpc) is 3.36. The first kappa shape index (κ1) is 28.2. The molecule has 3 heteroatoms. The van der Waals surface area contributed by atoms with Crippen LogP contribution in [0.25, 0.3) is 22.5 Å². The summed E-state index contributed by atoms with van der Waals surface area (Å²) in [6.45, 7) is 9.03. The highest BCUT2D eigenvalue weighted by atomic mass is 15.3. The lowest BCUT2D eigenvalue weighted by Gasteiger charge is -2.23. The van der Waals surface area contributed by atoms with Crippen molar-refractivity contribution in [3.05, 3.63) is 66.7 Å². The molecule has 2 aromatic carbocycles. The molecule has 0 atom stereocenters. The van der Waals surface area contributed by atoms with Gasteiger partial charge in [-0.25, -0.2) is 0 Å². The van der Waals surface area contributed by atoms with Crippen LogP contribution < -0.4 is 0 Å². The van der Waals surface area contributed by atoms with Crippen molar-refractivity contribution in [2.75, 3.05) is 19.6 Å². The van der Waals surface area contributed by atoms with E-state index in [9.17, 15) is 0 Å². The van der Waals surface area contributed by atoms with Crippen molar-refractivity contribution < 1.29 is 0 Å². The van der Waals surface area contributed by atoms with Gasteiger partial charge in [0.1, 0.15) is 0 Å². The Hall–Kier alpha value is -2.39. The van der Waals surface area contributed by atoms with Crippen LogP contribution in [0.1, 0.15) is 90.9 Å². The molecule has 1 heterocycles. The van der Waals surface area contributed by atoms with Crippen molar-refractivity contribution >= 4 is 0 Å². The van der Waals surface area contributed by atoms with Crippen molar-refractivity contribution in [1.29, 1.82) is 0 Å². The van der Waals surface area contributed by atoms with Crippen LogP contribution in [0.4, 0.5) is 0 Å². The van der Waals surface area contributed by atoms with Gasteiger partial charge in [0.2, 0.25) is 0 Å².